The van der Waals surface area contributed by atoms with E-state index in [4.69, 9.17) is 10.5 Å². The molecule has 1 fully saturated rings. The zero-order valence-electron chi connectivity index (χ0n) is 8.67. The Morgan fingerprint density at radius 2 is 2.08 bits per heavy atom. The van der Waals surface area contributed by atoms with E-state index in [1.807, 2.05) is 0 Å². The van der Waals surface area contributed by atoms with Crippen molar-refractivity contribution in [3.05, 3.63) is 0 Å². The average molecular weight is 186 g/mol. The van der Waals surface area contributed by atoms with Gasteiger partial charge in [-0.2, -0.15) is 0 Å². The summed E-state index contributed by atoms with van der Waals surface area (Å²) in [5.41, 5.74) is 5.54. The van der Waals surface area contributed by atoms with Crippen molar-refractivity contribution < 1.29 is 4.74 Å². The van der Waals surface area contributed by atoms with Crippen LogP contribution in [-0.2, 0) is 4.74 Å². The van der Waals surface area contributed by atoms with Crippen molar-refractivity contribution in [1.29, 1.82) is 0 Å². The lowest BCUT2D eigenvalue weighted by Gasteiger charge is -2.28. The summed E-state index contributed by atoms with van der Waals surface area (Å²) in [7, 11) is 0. The third-order valence-electron chi connectivity index (χ3n) is 2.75. The smallest absolute Gasteiger partial charge is 0.0469 e. The second-order valence-electron chi connectivity index (χ2n) is 3.74. The van der Waals surface area contributed by atoms with Gasteiger partial charge in [-0.3, -0.25) is 0 Å². The number of likely N-dealkylation sites (N-methyl/N-ethyl adjacent to an activating group) is 1. The van der Waals surface area contributed by atoms with Gasteiger partial charge in [0.15, 0.2) is 0 Å². The lowest BCUT2D eigenvalue weighted by molar-refractivity contribution is 0.0536. The minimum absolute atomic E-state index is 0.775. The van der Waals surface area contributed by atoms with Crippen LogP contribution in [0.4, 0.5) is 0 Å². The van der Waals surface area contributed by atoms with E-state index >= 15 is 0 Å². The predicted molar refractivity (Wildman–Crippen MR) is 54.7 cm³/mol. The number of nitrogens with zero attached hydrogens (tertiary/aromatic N) is 1. The van der Waals surface area contributed by atoms with Gasteiger partial charge >= 0.3 is 0 Å². The maximum Gasteiger partial charge on any atom is 0.0469 e. The summed E-state index contributed by atoms with van der Waals surface area (Å²) >= 11 is 0. The Labute approximate surface area is 81.2 Å². The summed E-state index contributed by atoms with van der Waals surface area (Å²) in [5.74, 6) is 0.834. The topological polar surface area (TPSA) is 38.5 Å². The Balaban J connectivity index is 2.18. The highest BCUT2D eigenvalue weighted by Crippen LogP contribution is 2.15. The molecule has 13 heavy (non-hydrogen) atoms. The molecule has 0 atom stereocenters. The normalized spacial score (nSPS) is 19.6. The standard InChI is InChI=1S/C10H22N2O/c1-2-12(6-5-11)9-10-3-7-13-8-4-10/h10H,2-9,11H2,1H3. The zero-order chi connectivity index (χ0) is 9.52. The van der Waals surface area contributed by atoms with Gasteiger partial charge in [-0.25, -0.2) is 0 Å². The van der Waals surface area contributed by atoms with Crippen LogP contribution in [0, 0.1) is 5.92 Å². The first kappa shape index (κ1) is 11.0. The third-order valence-corrected chi connectivity index (χ3v) is 2.75. The van der Waals surface area contributed by atoms with Gasteiger partial charge in [0.25, 0.3) is 0 Å². The Bertz CT molecular complexity index is 121. The highest BCUT2D eigenvalue weighted by Gasteiger charge is 2.16. The Morgan fingerprint density at radius 3 is 2.62 bits per heavy atom. The maximum atomic E-state index is 5.54. The fourth-order valence-corrected chi connectivity index (χ4v) is 1.86. The Morgan fingerprint density at radius 1 is 1.38 bits per heavy atom. The van der Waals surface area contributed by atoms with Crippen molar-refractivity contribution in [2.24, 2.45) is 11.7 Å². The summed E-state index contributed by atoms with van der Waals surface area (Å²) in [5, 5.41) is 0. The Hall–Kier alpha value is -0.120. The van der Waals surface area contributed by atoms with Crippen LogP contribution >= 0.6 is 0 Å². The van der Waals surface area contributed by atoms with Crippen LogP contribution < -0.4 is 5.73 Å². The van der Waals surface area contributed by atoms with Crippen LogP contribution in [0.5, 0.6) is 0 Å². The highest BCUT2D eigenvalue weighted by molar-refractivity contribution is 4.68. The van der Waals surface area contributed by atoms with E-state index in [-0.39, 0.29) is 0 Å². The number of rotatable bonds is 5. The van der Waals surface area contributed by atoms with E-state index in [0.717, 1.165) is 38.8 Å². The highest BCUT2D eigenvalue weighted by atomic mass is 16.5. The minimum Gasteiger partial charge on any atom is -0.381 e. The molecule has 0 aromatic rings. The van der Waals surface area contributed by atoms with E-state index in [0.29, 0.717) is 0 Å². The molecule has 2 N–H and O–H groups in total. The molecule has 1 rings (SSSR count). The molecule has 0 bridgehead atoms. The molecule has 3 heteroatoms. The van der Waals surface area contributed by atoms with Gasteiger partial charge in [0.2, 0.25) is 0 Å². The molecule has 1 heterocycles. The molecule has 0 unspecified atom stereocenters. The number of hydrogen-bond acceptors (Lipinski definition) is 3. The molecule has 0 aromatic heterocycles. The lowest BCUT2D eigenvalue weighted by atomic mass is 10.00. The van der Waals surface area contributed by atoms with Crippen LogP contribution in [-0.4, -0.2) is 44.3 Å². The molecule has 0 radical (unpaired) electrons. The van der Waals surface area contributed by atoms with Crippen LogP contribution in [0.2, 0.25) is 0 Å². The van der Waals surface area contributed by atoms with Gasteiger partial charge in [0.05, 0.1) is 0 Å². The second-order valence-corrected chi connectivity index (χ2v) is 3.74. The van der Waals surface area contributed by atoms with Crippen molar-refractivity contribution in [3.8, 4) is 0 Å². The Kier molecular flexibility index (Phi) is 5.35. The molecule has 1 aliphatic heterocycles. The molecular weight excluding hydrogens is 164 g/mol. The first-order valence-electron chi connectivity index (χ1n) is 5.37. The van der Waals surface area contributed by atoms with Gasteiger partial charge < -0.3 is 15.4 Å². The quantitative estimate of drug-likeness (QED) is 0.686. The summed E-state index contributed by atoms with van der Waals surface area (Å²) in [6.07, 6.45) is 2.45. The van der Waals surface area contributed by atoms with Crippen molar-refractivity contribution in [2.45, 2.75) is 19.8 Å². The molecular formula is C10H22N2O. The van der Waals surface area contributed by atoms with Gasteiger partial charge in [-0.15, -0.1) is 0 Å². The van der Waals surface area contributed by atoms with Gasteiger partial charge in [0.1, 0.15) is 0 Å². The van der Waals surface area contributed by atoms with E-state index in [1.54, 1.807) is 0 Å². The second kappa shape index (κ2) is 6.35. The molecule has 0 spiro atoms. The van der Waals surface area contributed by atoms with E-state index < -0.39 is 0 Å². The van der Waals surface area contributed by atoms with Crippen molar-refractivity contribution in [1.82, 2.24) is 4.90 Å². The monoisotopic (exact) mass is 186 g/mol. The van der Waals surface area contributed by atoms with Crippen LogP contribution in [0.15, 0.2) is 0 Å². The molecule has 1 saturated heterocycles. The fourth-order valence-electron chi connectivity index (χ4n) is 1.86. The summed E-state index contributed by atoms with van der Waals surface area (Å²) < 4.78 is 5.33. The lowest BCUT2D eigenvalue weighted by Crippen LogP contribution is -2.35. The summed E-state index contributed by atoms with van der Waals surface area (Å²) in [6.45, 7) is 8.24. The van der Waals surface area contributed by atoms with Gasteiger partial charge in [-0.1, -0.05) is 6.92 Å². The van der Waals surface area contributed by atoms with E-state index in [9.17, 15) is 0 Å². The third kappa shape index (κ3) is 4.07. The van der Waals surface area contributed by atoms with E-state index in [2.05, 4.69) is 11.8 Å². The summed E-state index contributed by atoms with van der Waals surface area (Å²) in [6, 6.07) is 0. The largest absolute Gasteiger partial charge is 0.381 e. The SMILES string of the molecule is CCN(CCN)CC1CCOCC1. The first-order chi connectivity index (χ1) is 6.36. The van der Waals surface area contributed by atoms with Crippen LogP contribution in [0.3, 0.4) is 0 Å². The van der Waals surface area contributed by atoms with E-state index in [1.165, 1.54) is 19.4 Å². The van der Waals surface area contributed by atoms with Crippen molar-refractivity contribution >= 4 is 0 Å². The molecule has 0 aromatic carbocycles. The fraction of sp³-hybridized carbons (Fsp3) is 1.00. The molecule has 3 nitrogen and oxygen atoms in total. The van der Waals surface area contributed by atoms with Crippen LogP contribution in [0.25, 0.3) is 0 Å². The van der Waals surface area contributed by atoms with Crippen molar-refractivity contribution in [3.63, 3.8) is 0 Å². The maximum absolute atomic E-state index is 5.54. The van der Waals surface area contributed by atoms with Crippen LogP contribution in [0.1, 0.15) is 19.8 Å². The average Bonchev–Trinajstić information content (AvgIpc) is 2.19. The molecule has 1 aliphatic rings. The molecule has 0 amide bonds. The molecule has 0 aliphatic carbocycles. The first-order valence-corrected chi connectivity index (χ1v) is 5.37. The zero-order valence-corrected chi connectivity index (χ0v) is 8.67. The van der Waals surface area contributed by atoms with Crippen molar-refractivity contribution in [2.75, 3.05) is 39.4 Å². The number of nitrogens with two attached hydrogens (primary N) is 1. The number of ether oxygens (including phenoxy) is 1. The van der Waals surface area contributed by atoms with Gasteiger partial charge in [-0.05, 0) is 25.3 Å². The minimum atomic E-state index is 0.775. The number of hydrogen-bond donors (Lipinski definition) is 1. The van der Waals surface area contributed by atoms with Gasteiger partial charge in [0, 0.05) is 32.8 Å². The molecule has 0 saturated carbocycles. The summed E-state index contributed by atoms with van der Waals surface area (Å²) in [4.78, 5) is 2.44. The molecule has 78 valence electrons. The predicted octanol–water partition coefficient (Wildman–Crippen LogP) is 0.694.